The molecule has 0 aromatic heterocycles. The van der Waals surface area contributed by atoms with Crippen LogP contribution in [0.1, 0.15) is 46.5 Å². The molecule has 1 saturated carbocycles. The summed E-state index contributed by atoms with van der Waals surface area (Å²) in [5.74, 6) is -0.191. The monoisotopic (exact) mass is 262 g/mol. The first kappa shape index (κ1) is 14.5. The van der Waals surface area contributed by atoms with Crippen LogP contribution in [0, 0.1) is 5.92 Å². The molecule has 1 aliphatic carbocycles. The van der Waals surface area contributed by atoms with Crippen molar-refractivity contribution in [3.8, 4) is 0 Å². The number of rotatable bonds is 4. The smallest absolute Gasteiger partial charge is 0.324 e. The number of hydrogen-bond donors (Lipinski definition) is 0. The topological polar surface area (TPSA) is 60.4 Å². The summed E-state index contributed by atoms with van der Waals surface area (Å²) in [6.07, 6.45) is 3.36. The normalized spacial score (nSPS) is 27.5. The minimum Gasteiger partial charge on any atom is -0.465 e. The Morgan fingerprint density at radius 2 is 2.06 bits per heavy atom. The highest BCUT2D eigenvalue weighted by Gasteiger charge is 2.38. The van der Waals surface area contributed by atoms with Crippen molar-refractivity contribution in [3.63, 3.8) is 0 Å². The van der Waals surface area contributed by atoms with Crippen molar-refractivity contribution in [1.82, 2.24) is 0 Å². The van der Waals surface area contributed by atoms with Gasteiger partial charge in [-0.25, -0.2) is 8.42 Å². The third-order valence-electron chi connectivity index (χ3n) is 3.46. The number of ether oxygens (including phenoxy) is 1. The van der Waals surface area contributed by atoms with Gasteiger partial charge in [-0.05, 0) is 32.6 Å². The zero-order valence-corrected chi connectivity index (χ0v) is 11.6. The minimum absolute atomic E-state index is 0.222. The standard InChI is InChI=1S/C12H22O4S/c1-4-16-12(13)10(3)17(14,15)11-7-5-6-9(2)8-11/h9-11H,4-8H2,1-3H3. The fourth-order valence-corrected chi connectivity index (χ4v) is 4.36. The van der Waals surface area contributed by atoms with Crippen molar-refractivity contribution < 1.29 is 17.9 Å². The average molecular weight is 262 g/mol. The van der Waals surface area contributed by atoms with Gasteiger partial charge in [0.25, 0.3) is 0 Å². The van der Waals surface area contributed by atoms with Crippen LogP contribution < -0.4 is 0 Å². The lowest BCUT2D eigenvalue weighted by molar-refractivity contribution is -0.142. The van der Waals surface area contributed by atoms with Gasteiger partial charge in [0.1, 0.15) is 0 Å². The third kappa shape index (κ3) is 3.44. The summed E-state index contributed by atoms with van der Waals surface area (Å²) in [4.78, 5) is 11.5. The third-order valence-corrected chi connectivity index (χ3v) is 6.00. The van der Waals surface area contributed by atoms with E-state index in [-0.39, 0.29) is 11.9 Å². The van der Waals surface area contributed by atoms with E-state index in [1.54, 1.807) is 6.92 Å². The van der Waals surface area contributed by atoms with Gasteiger partial charge in [-0.3, -0.25) is 4.79 Å². The zero-order valence-electron chi connectivity index (χ0n) is 10.8. The molecule has 0 aromatic rings. The van der Waals surface area contributed by atoms with Crippen LogP contribution >= 0.6 is 0 Å². The maximum Gasteiger partial charge on any atom is 0.324 e. The highest BCUT2D eigenvalue weighted by Crippen LogP contribution is 2.30. The van der Waals surface area contributed by atoms with Crippen LogP contribution in [0.5, 0.6) is 0 Å². The molecule has 0 bridgehead atoms. The Labute approximate surface area is 104 Å². The lowest BCUT2D eigenvalue weighted by atomic mass is 9.91. The van der Waals surface area contributed by atoms with Crippen LogP contribution in [0.4, 0.5) is 0 Å². The molecule has 4 nitrogen and oxygen atoms in total. The van der Waals surface area contributed by atoms with Gasteiger partial charge in [0.15, 0.2) is 15.1 Å². The molecule has 3 unspecified atom stereocenters. The maximum absolute atomic E-state index is 12.2. The summed E-state index contributed by atoms with van der Waals surface area (Å²) in [6.45, 7) is 5.41. The molecular weight excluding hydrogens is 240 g/mol. The first-order chi connectivity index (χ1) is 7.89. The Morgan fingerprint density at radius 3 is 2.59 bits per heavy atom. The Kier molecular flexibility index (Phi) is 4.98. The van der Waals surface area contributed by atoms with Gasteiger partial charge in [0.05, 0.1) is 11.9 Å². The van der Waals surface area contributed by atoms with Crippen LogP contribution in [-0.4, -0.2) is 31.5 Å². The van der Waals surface area contributed by atoms with Crippen molar-refractivity contribution >= 4 is 15.8 Å². The Hall–Kier alpha value is -0.580. The highest BCUT2D eigenvalue weighted by molar-refractivity contribution is 7.93. The minimum atomic E-state index is -3.39. The van der Waals surface area contributed by atoms with Gasteiger partial charge in [0.2, 0.25) is 0 Å². The van der Waals surface area contributed by atoms with Crippen molar-refractivity contribution in [3.05, 3.63) is 0 Å². The lowest BCUT2D eigenvalue weighted by Gasteiger charge is -2.28. The number of hydrogen-bond acceptors (Lipinski definition) is 4. The Morgan fingerprint density at radius 1 is 1.41 bits per heavy atom. The van der Waals surface area contributed by atoms with E-state index in [1.807, 2.05) is 0 Å². The van der Waals surface area contributed by atoms with Gasteiger partial charge >= 0.3 is 5.97 Å². The summed E-state index contributed by atoms with van der Waals surface area (Å²) in [7, 11) is -3.39. The first-order valence-corrected chi connectivity index (χ1v) is 7.89. The lowest BCUT2D eigenvalue weighted by Crippen LogP contribution is -2.38. The fourth-order valence-electron chi connectivity index (χ4n) is 2.36. The van der Waals surface area contributed by atoms with E-state index in [0.29, 0.717) is 18.8 Å². The van der Waals surface area contributed by atoms with Crippen LogP contribution in [0.2, 0.25) is 0 Å². The highest BCUT2D eigenvalue weighted by atomic mass is 32.2. The molecule has 0 saturated heterocycles. The quantitative estimate of drug-likeness (QED) is 0.726. The van der Waals surface area contributed by atoms with Gasteiger partial charge in [-0.2, -0.15) is 0 Å². The van der Waals surface area contributed by atoms with Gasteiger partial charge in [0, 0.05) is 0 Å². The molecule has 0 amide bonds. The Bertz CT molecular complexity index is 361. The molecular formula is C12H22O4S. The average Bonchev–Trinajstić information content (AvgIpc) is 2.28. The van der Waals surface area contributed by atoms with E-state index in [4.69, 9.17) is 4.74 Å². The second-order valence-electron chi connectivity index (χ2n) is 4.88. The zero-order chi connectivity index (χ0) is 13.1. The van der Waals surface area contributed by atoms with E-state index in [2.05, 4.69) is 6.92 Å². The van der Waals surface area contributed by atoms with Crippen molar-refractivity contribution in [2.45, 2.75) is 57.0 Å². The van der Waals surface area contributed by atoms with Gasteiger partial charge in [-0.1, -0.05) is 19.8 Å². The molecule has 1 fully saturated rings. The first-order valence-electron chi connectivity index (χ1n) is 6.29. The largest absolute Gasteiger partial charge is 0.465 e. The molecule has 5 heteroatoms. The SMILES string of the molecule is CCOC(=O)C(C)S(=O)(=O)C1CCCC(C)C1. The number of esters is 1. The molecule has 0 heterocycles. The maximum atomic E-state index is 12.2. The number of sulfone groups is 1. The van der Waals surface area contributed by atoms with Crippen LogP contribution in [0.15, 0.2) is 0 Å². The van der Waals surface area contributed by atoms with Crippen LogP contribution in [0.3, 0.4) is 0 Å². The molecule has 0 spiro atoms. The molecule has 0 radical (unpaired) electrons. The van der Waals surface area contributed by atoms with Crippen LogP contribution in [-0.2, 0) is 19.4 Å². The predicted molar refractivity (Wildman–Crippen MR) is 66.4 cm³/mol. The summed E-state index contributed by atoms with van der Waals surface area (Å²) in [5.41, 5.74) is 0. The second-order valence-corrected chi connectivity index (χ2v) is 7.43. The summed E-state index contributed by atoms with van der Waals surface area (Å²) in [5, 5.41) is -1.40. The summed E-state index contributed by atoms with van der Waals surface area (Å²) >= 11 is 0. The Balaban J connectivity index is 2.76. The second kappa shape index (κ2) is 5.85. The van der Waals surface area contributed by atoms with E-state index in [0.717, 1.165) is 12.8 Å². The van der Waals surface area contributed by atoms with Gasteiger partial charge in [-0.15, -0.1) is 0 Å². The fraction of sp³-hybridized carbons (Fsp3) is 0.917. The van der Waals surface area contributed by atoms with Crippen molar-refractivity contribution in [1.29, 1.82) is 0 Å². The van der Waals surface area contributed by atoms with Gasteiger partial charge < -0.3 is 4.74 Å². The van der Waals surface area contributed by atoms with E-state index >= 15 is 0 Å². The van der Waals surface area contributed by atoms with E-state index in [9.17, 15) is 13.2 Å². The molecule has 1 aliphatic rings. The summed E-state index contributed by atoms with van der Waals surface area (Å²) in [6, 6.07) is 0. The molecule has 0 aliphatic heterocycles. The molecule has 0 N–H and O–H groups in total. The molecule has 100 valence electrons. The molecule has 17 heavy (non-hydrogen) atoms. The van der Waals surface area contributed by atoms with E-state index in [1.165, 1.54) is 6.92 Å². The predicted octanol–water partition coefficient (Wildman–Crippen LogP) is 1.93. The summed E-state index contributed by atoms with van der Waals surface area (Å²) < 4.78 is 29.3. The van der Waals surface area contributed by atoms with Crippen LogP contribution in [0.25, 0.3) is 0 Å². The van der Waals surface area contributed by atoms with E-state index < -0.39 is 21.1 Å². The molecule has 3 atom stereocenters. The molecule has 0 aromatic carbocycles. The van der Waals surface area contributed by atoms with Crippen molar-refractivity contribution in [2.24, 2.45) is 5.92 Å². The van der Waals surface area contributed by atoms with Crippen molar-refractivity contribution in [2.75, 3.05) is 6.61 Å². The number of carbonyl (C=O) groups excluding carboxylic acids is 1. The number of carbonyl (C=O) groups is 1. The molecule has 1 rings (SSSR count).